The van der Waals surface area contributed by atoms with Crippen LogP contribution in [-0.4, -0.2) is 33.5 Å². The summed E-state index contributed by atoms with van der Waals surface area (Å²) in [6.07, 6.45) is 1.49. The molecular weight excluding hydrogens is 436 g/mol. The Labute approximate surface area is 177 Å². The summed E-state index contributed by atoms with van der Waals surface area (Å²) in [5.41, 5.74) is 0.408. The van der Waals surface area contributed by atoms with Gasteiger partial charge in [0.05, 0.1) is 11.1 Å². The van der Waals surface area contributed by atoms with E-state index in [1.807, 2.05) is 0 Å². The number of anilines is 2. The zero-order chi connectivity index (χ0) is 21.0. The first kappa shape index (κ1) is 21.1. The molecule has 152 valence electrons. The van der Waals surface area contributed by atoms with Gasteiger partial charge in [-0.15, -0.1) is 0 Å². The van der Waals surface area contributed by atoms with Crippen molar-refractivity contribution in [2.24, 2.45) is 0 Å². The van der Waals surface area contributed by atoms with Crippen molar-refractivity contribution in [1.82, 2.24) is 9.71 Å². The third-order valence-electron chi connectivity index (χ3n) is 3.80. The monoisotopic (exact) mass is 452 g/mol. The molecule has 29 heavy (non-hydrogen) atoms. The van der Waals surface area contributed by atoms with E-state index in [1.54, 1.807) is 36.4 Å². The Hall–Kier alpha value is -2.66. The minimum Gasteiger partial charge on any atom is -0.445 e. The molecule has 1 heterocycles. The average molecular weight is 453 g/mol. The van der Waals surface area contributed by atoms with Gasteiger partial charge in [0.1, 0.15) is 5.75 Å². The van der Waals surface area contributed by atoms with Gasteiger partial charge in [-0.3, -0.25) is 10.2 Å². The molecule has 0 saturated heterocycles. The van der Waals surface area contributed by atoms with Crippen molar-refractivity contribution in [3.05, 3.63) is 59.8 Å². The van der Waals surface area contributed by atoms with Gasteiger partial charge in [-0.25, -0.2) is 22.9 Å². The fraction of sp³-hybridized carbons (Fsp3) is 0.111. The Morgan fingerprint density at radius 1 is 1.21 bits per heavy atom. The lowest BCUT2D eigenvalue weighted by molar-refractivity contribution is 0.258. The van der Waals surface area contributed by atoms with Crippen molar-refractivity contribution in [2.45, 2.75) is 4.90 Å². The van der Waals surface area contributed by atoms with Gasteiger partial charge in [0.2, 0.25) is 15.1 Å². The minimum atomic E-state index is -3.61. The number of hydrogen-bond donors (Lipinski definition) is 2. The average Bonchev–Trinajstić information content (AvgIpc) is 3.14. The first-order chi connectivity index (χ1) is 13.8. The second kappa shape index (κ2) is 8.78. The molecule has 3 aromatic rings. The van der Waals surface area contributed by atoms with Crippen LogP contribution in [-0.2, 0) is 10.0 Å². The molecule has 0 radical (unpaired) electrons. The SMILES string of the molecule is CNS(=O)(=O)c1cccc(N(C)C(=O)Nc2ncc(Oc3cccc(Cl)c3)s2)c1. The Balaban J connectivity index is 1.69. The number of halogens is 1. The third kappa shape index (κ3) is 5.24. The highest BCUT2D eigenvalue weighted by molar-refractivity contribution is 7.89. The van der Waals surface area contributed by atoms with Crippen LogP contribution in [0.2, 0.25) is 5.02 Å². The van der Waals surface area contributed by atoms with Crippen molar-refractivity contribution in [2.75, 3.05) is 24.3 Å². The molecule has 1 aromatic heterocycles. The number of aromatic nitrogens is 1. The number of thiazole rings is 1. The highest BCUT2D eigenvalue weighted by Crippen LogP contribution is 2.31. The molecule has 0 spiro atoms. The number of nitrogens with one attached hydrogen (secondary N) is 2. The van der Waals surface area contributed by atoms with Gasteiger partial charge in [0.15, 0.2) is 5.13 Å². The molecule has 2 N–H and O–H groups in total. The molecule has 11 heteroatoms. The number of ether oxygens (including phenoxy) is 1. The molecule has 0 aliphatic carbocycles. The molecule has 0 unspecified atom stereocenters. The molecular formula is C18H17ClN4O4S2. The number of nitrogens with zero attached hydrogens (tertiary/aromatic N) is 2. The highest BCUT2D eigenvalue weighted by atomic mass is 35.5. The number of rotatable bonds is 6. The largest absolute Gasteiger partial charge is 0.445 e. The van der Waals surface area contributed by atoms with E-state index in [1.165, 1.54) is 37.3 Å². The highest BCUT2D eigenvalue weighted by Gasteiger charge is 2.17. The Morgan fingerprint density at radius 3 is 2.69 bits per heavy atom. The van der Waals surface area contributed by atoms with Crippen LogP contribution < -0.4 is 19.7 Å². The van der Waals surface area contributed by atoms with E-state index in [-0.39, 0.29) is 4.90 Å². The van der Waals surface area contributed by atoms with E-state index < -0.39 is 16.1 Å². The lowest BCUT2D eigenvalue weighted by Gasteiger charge is -2.18. The lowest BCUT2D eigenvalue weighted by Crippen LogP contribution is -2.31. The summed E-state index contributed by atoms with van der Waals surface area (Å²) in [6, 6.07) is 12.5. The van der Waals surface area contributed by atoms with Crippen molar-refractivity contribution in [3.8, 4) is 10.8 Å². The molecule has 0 bridgehead atoms. The van der Waals surface area contributed by atoms with Crippen LogP contribution in [0.5, 0.6) is 10.8 Å². The smallest absolute Gasteiger partial charge is 0.327 e. The molecule has 0 atom stereocenters. The molecule has 8 nitrogen and oxygen atoms in total. The van der Waals surface area contributed by atoms with Crippen molar-refractivity contribution >= 4 is 49.8 Å². The lowest BCUT2D eigenvalue weighted by atomic mass is 10.3. The topological polar surface area (TPSA) is 101 Å². The Morgan fingerprint density at radius 2 is 1.97 bits per heavy atom. The van der Waals surface area contributed by atoms with Crippen LogP contribution in [0.25, 0.3) is 0 Å². The summed E-state index contributed by atoms with van der Waals surface area (Å²) < 4.78 is 31.8. The van der Waals surface area contributed by atoms with Gasteiger partial charge >= 0.3 is 6.03 Å². The van der Waals surface area contributed by atoms with Crippen molar-refractivity contribution in [1.29, 1.82) is 0 Å². The first-order valence-electron chi connectivity index (χ1n) is 8.26. The molecule has 0 aliphatic rings. The first-order valence-corrected chi connectivity index (χ1v) is 10.9. The van der Waals surface area contributed by atoms with Crippen molar-refractivity contribution in [3.63, 3.8) is 0 Å². The fourth-order valence-corrected chi connectivity index (χ4v) is 3.91. The van der Waals surface area contributed by atoms with Crippen LogP contribution in [0, 0.1) is 0 Å². The number of sulfonamides is 1. The van der Waals surface area contributed by atoms with Crippen LogP contribution >= 0.6 is 22.9 Å². The second-order valence-electron chi connectivity index (χ2n) is 5.74. The molecule has 2 amide bonds. The van der Waals surface area contributed by atoms with Crippen LogP contribution in [0.15, 0.2) is 59.6 Å². The number of urea groups is 1. The van der Waals surface area contributed by atoms with Crippen LogP contribution in [0.1, 0.15) is 0 Å². The zero-order valence-electron chi connectivity index (χ0n) is 15.4. The van der Waals surface area contributed by atoms with Gasteiger partial charge in [0.25, 0.3) is 0 Å². The summed E-state index contributed by atoms with van der Waals surface area (Å²) >= 11 is 7.07. The predicted molar refractivity (Wildman–Crippen MR) is 114 cm³/mol. The minimum absolute atomic E-state index is 0.0589. The molecule has 0 saturated carbocycles. The number of carbonyl (C=O) groups excluding carboxylic acids is 1. The zero-order valence-corrected chi connectivity index (χ0v) is 17.8. The normalized spacial score (nSPS) is 11.1. The van der Waals surface area contributed by atoms with Gasteiger partial charge in [0, 0.05) is 17.8 Å². The van der Waals surface area contributed by atoms with Gasteiger partial charge in [-0.05, 0) is 43.4 Å². The van der Waals surface area contributed by atoms with E-state index >= 15 is 0 Å². The number of hydrogen-bond acceptors (Lipinski definition) is 6. The summed E-state index contributed by atoms with van der Waals surface area (Å²) in [7, 11) is -0.764. The van der Waals surface area contributed by atoms with E-state index in [2.05, 4.69) is 15.0 Å². The van der Waals surface area contributed by atoms with Gasteiger partial charge < -0.3 is 4.74 Å². The van der Waals surface area contributed by atoms with Crippen LogP contribution in [0.3, 0.4) is 0 Å². The molecule has 0 aliphatic heterocycles. The standard InChI is InChI=1S/C18H17ClN4O4S2/c1-20-29(25,26)15-8-4-6-13(10-15)23(2)18(24)22-17-21-11-16(28-17)27-14-7-3-5-12(19)9-14/h3-11,20H,1-2H3,(H,21,22,24). The summed E-state index contributed by atoms with van der Waals surface area (Å²) in [6.45, 7) is 0. The van der Waals surface area contributed by atoms with E-state index in [0.29, 0.717) is 26.7 Å². The Bertz CT molecular complexity index is 1130. The maximum Gasteiger partial charge on any atom is 0.327 e. The Kier molecular flexibility index (Phi) is 6.38. The second-order valence-corrected chi connectivity index (χ2v) is 9.05. The van der Waals surface area contributed by atoms with Crippen molar-refractivity contribution < 1.29 is 17.9 Å². The molecule has 3 rings (SSSR count). The number of amides is 2. The van der Waals surface area contributed by atoms with Gasteiger partial charge in [-0.1, -0.05) is 35.1 Å². The van der Waals surface area contributed by atoms with E-state index in [9.17, 15) is 13.2 Å². The maximum atomic E-state index is 12.5. The predicted octanol–water partition coefficient (Wildman–Crippen LogP) is 4.17. The molecule has 2 aromatic carbocycles. The molecule has 0 fully saturated rings. The third-order valence-corrected chi connectivity index (χ3v) is 6.24. The summed E-state index contributed by atoms with van der Waals surface area (Å²) in [5, 5.41) is 4.01. The number of benzene rings is 2. The van der Waals surface area contributed by atoms with Crippen LogP contribution in [0.4, 0.5) is 15.6 Å². The summed E-state index contributed by atoms with van der Waals surface area (Å²) in [4.78, 5) is 18.0. The summed E-state index contributed by atoms with van der Waals surface area (Å²) in [5.74, 6) is 0.554. The number of carbonyl (C=O) groups is 1. The quantitative estimate of drug-likeness (QED) is 0.584. The van der Waals surface area contributed by atoms with E-state index in [0.717, 1.165) is 11.3 Å². The fourth-order valence-electron chi connectivity index (χ4n) is 2.28. The van der Waals surface area contributed by atoms with E-state index in [4.69, 9.17) is 16.3 Å². The van der Waals surface area contributed by atoms with Gasteiger partial charge in [-0.2, -0.15) is 0 Å². The maximum absolute atomic E-state index is 12.5.